The highest BCUT2D eigenvalue weighted by Crippen LogP contribution is 2.29. The van der Waals surface area contributed by atoms with Crippen LogP contribution in [0.5, 0.6) is 0 Å². The molecule has 0 radical (unpaired) electrons. The summed E-state index contributed by atoms with van der Waals surface area (Å²) in [5.74, 6) is 0.337. The summed E-state index contributed by atoms with van der Waals surface area (Å²) in [6.07, 6.45) is 7.27. The number of nitrogens with two attached hydrogens (primary N) is 1. The number of rotatable bonds is 4. The number of likely N-dealkylation sites (tertiary alicyclic amines) is 1. The average molecular weight is 342 g/mol. The highest BCUT2D eigenvalue weighted by molar-refractivity contribution is 6.04. The molecule has 2 fully saturated rings. The van der Waals surface area contributed by atoms with Crippen molar-refractivity contribution in [3.8, 4) is 0 Å². The van der Waals surface area contributed by atoms with E-state index < -0.39 is 6.04 Å². The fraction of sp³-hybridized carbons (Fsp3) is 0.619. The van der Waals surface area contributed by atoms with E-state index in [0.717, 1.165) is 55.2 Å². The molecule has 2 atom stereocenters. The van der Waals surface area contributed by atoms with Crippen LogP contribution in [0.2, 0.25) is 0 Å². The molecule has 1 saturated carbocycles. The lowest BCUT2D eigenvalue weighted by Gasteiger charge is -2.32. The summed E-state index contributed by atoms with van der Waals surface area (Å²) < 4.78 is 0. The van der Waals surface area contributed by atoms with Crippen LogP contribution in [0.15, 0.2) is 18.2 Å². The summed E-state index contributed by atoms with van der Waals surface area (Å²) in [6, 6.07) is 5.11. The molecule has 1 aromatic carbocycles. The van der Waals surface area contributed by atoms with Crippen molar-refractivity contribution in [2.45, 2.75) is 70.9 Å². The summed E-state index contributed by atoms with van der Waals surface area (Å²) >= 11 is 0. The van der Waals surface area contributed by atoms with Crippen LogP contribution in [0.4, 0.5) is 0 Å². The van der Waals surface area contributed by atoms with Gasteiger partial charge in [-0.25, -0.2) is 0 Å². The van der Waals surface area contributed by atoms with Crippen molar-refractivity contribution < 1.29 is 9.59 Å². The summed E-state index contributed by atoms with van der Waals surface area (Å²) in [5.41, 5.74) is 9.08. The molecule has 0 spiro atoms. The van der Waals surface area contributed by atoms with Crippen LogP contribution in [-0.4, -0.2) is 35.2 Å². The molecule has 3 rings (SSSR count). The maximum absolute atomic E-state index is 13.2. The highest BCUT2D eigenvalue weighted by atomic mass is 16.2. The third-order valence-corrected chi connectivity index (χ3v) is 6.01. The maximum Gasteiger partial charge on any atom is 0.240 e. The van der Waals surface area contributed by atoms with Gasteiger partial charge in [-0.15, -0.1) is 0 Å². The Morgan fingerprint density at radius 3 is 2.32 bits per heavy atom. The smallest absolute Gasteiger partial charge is 0.240 e. The zero-order chi connectivity index (χ0) is 18.0. The third-order valence-electron chi connectivity index (χ3n) is 6.01. The minimum atomic E-state index is -0.452. The predicted octanol–water partition coefficient (Wildman–Crippen LogP) is 3.38. The van der Waals surface area contributed by atoms with Crippen LogP contribution >= 0.6 is 0 Å². The second-order valence-electron chi connectivity index (χ2n) is 7.74. The van der Waals surface area contributed by atoms with Crippen LogP contribution in [0, 0.1) is 19.8 Å². The van der Waals surface area contributed by atoms with Gasteiger partial charge < -0.3 is 10.6 Å². The van der Waals surface area contributed by atoms with E-state index in [1.165, 1.54) is 6.42 Å². The number of hydrogen-bond acceptors (Lipinski definition) is 3. The molecule has 2 unspecified atom stereocenters. The van der Waals surface area contributed by atoms with Gasteiger partial charge in [-0.05, 0) is 56.6 Å². The third kappa shape index (κ3) is 3.64. The molecule has 2 aliphatic rings. The second kappa shape index (κ2) is 7.69. The fourth-order valence-corrected chi connectivity index (χ4v) is 4.56. The van der Waals surface area contributed by atoms with E-state index in [1.807, 2.05) is 32.0 Å². The lowest BCUT2D eigenvalue weighted by Crippen LogP contribution is -2.51. The SMILES string of the molecule is Cc1cccc(C)c1C(=O)C1CCCN1C(=O)C(N)C1CCCCC1. The van der Waals surface area contributed by atoms with Gasteiger partial charge in [-0.1, -0.05) is 37.5 Å². The molecule has 136 valence electrons. The first-order valence-electron chi connectivity index (χ1n) is 9.67. The number of carbonyl (C=O) groups excluding carboxylic acids is 2. The van der Waals surface area contributed by atoms with Crippen molar-refractivity contribution in [2.75, 3.05) is 6.54 Å². The van der Waals surface area contributed by atoms with Gasteiger partial charge in [0.05, 0.1) is 12.1 Å². The van der Waals surface area contributed by atoms with E-state index in [0.29, 0.717) is 6.54 Å². The predicted molar refractivity (Wildman–Crippen MR) is 99.5 cm³/mol. The Bertz CT molecular complexity index is 629. The Morgan fingerprint density at radius 2 is 1.68 bits per heavy atom. The number of amides is 1. The van der Waals surface area contributed by atoms with Gasteiger partial charge in [0, 0.05) is 12.1 Å². The van der Waals surface area contributed by atoms with Gasteiger partial charge in [0.2, 0.25) is 5.91 Å². The van der Waals surface area contributed by atoms with Crippen molar-refractivity contribution in [1.29, 1.82) is 0 Å². The van der Waals surface area contributed by atoms with E-state index in [2.05, 4.69) is 0 Å². The molecular weight excluding hydrogens is 312 g/mol. The normalized spacial score (nSPS) is 22.8. The minimum absolute atomic E-state index is 0.0195. The van der Waals surface area contributed by atoms with Gasteiger partial charge >= 0.3 is 0 Å². The summed E-state index contributed by atoms with van der Waals surface area (Å²) in [6.45, 7) is 4.59. The average Bonchev–Trinajstić information content (AvgIpc) is 3.10. The lowest BCUT2D eigenvalue weighted by atomic mass is 9.83. The number of ketones is 1. The number of benzene rings is 1. The van der Waals surface area contributed by atoms with Crippen molar-refractivity contribution >= 4 is 11.7 Å². The van der Waals surface area contributed by atoms with Crippen molar-refractivity contribution in [2.24, 2.45) is 11.7 Å². The molecule has 1 heterocycles. The van der Waals surface area contributed by atoms with E-state index in [4.69, 9.17) is 5.73 Å². The Hall–Kier alpha value is -1.68. The van der Waals surface area contributed by atoms with Gasteiger partial charge in [-0.2, -0.15) is 0 Å². The molecule has 1 aliphatic heterocycles. The topological polar surface area (TPSA) is 63.4 Å². The number of hydrogen-bond donors (Lipinski definition) is 1. The molecule has 0 bridgehead atoms. The van der Waals surface area contributed by atoms with E-state index in [-0.39, 0.29) is 23.7 Å². The summed E-state index contributed by atoms with van der Waals surface area (Å²) in [5, 5.41) is 0. The van der Waals surface area contributed by atoms with Gasteiger partial charge in [0.1, 0.15) is 0 Å². The van der Waals surface area contributed by atoms with Crippen LogP contribution < -0.4 is 5.73 Å². The number of Topliss-reactive ketones (excluding diaryl/α,β-unsaturated/α-hetero) is 1. The molecule has 1 aliphatic carbocycles. The Labute approximate surface area is 150 Å². The number of nitrogens with zero attached hydrogens (tertiary/aromatic N) is 1. The molecule has 1 aromatic rings. The first-order chi connectivity index (χ1) is 12.0. The molecule has 0 aromatic heterocycles. The molecular formula is C21H30N2O2. The highest BCUT2D eigenvalue weighted by Gasteiger charge is 2.39. The standard InChI is InChI=1S/C21H30N2O2/c1-14-8-6-9-15(2)18(14)20(24)17-12-7-13-23(17)21(25)19(22)16-10-4-3-5-11-16/h6,8-9,16-17,19H,3-5,7,10-13,22H2,1-2H3. The van der Waals surface area contributed by atoms with Crippen molar-refractivity contribution in [3.63, 3.8) is 0 Å². The molecule has 4 nitrogen and oxygen atoms in total. The molecule has 1 amide bonds. The van der Waals surface area contributed by atoms with Crippen LogP contribution in [0.1, 0.15) is 66.4 Å². The zero-order valence-corrected chi connectivity index (χ0v) is 15.5. The molecule has 2 N–H and O–H groups in total. The van der Waals surface area contributed by atoms with Gasteiger partial charge in [-0.3, -0.25) is 9.59 Å². The number of aryl methyl sites for hydroxylation is 2. The lowest BCUT2D eigenvalue weighted by molar-refractivity contribution is -0.134. The van der Waals surface area contributed by atoms with Crippen molar-refractivity contribution in [3.05, 3.63) is 34.9 Å². The maximum atomic E-state index is 13.2. The Balaban J connectivity index is 1.77. The molecule has 1 saturated heterocycles. The van der Waals surface area contributed by atoms with Crippen LogP contribution in [0.25, 0.3) is 0 Å². The largest absolute Gasteiger partial charge is 0.331 e. The van der Waals surface area contributed by atoms with E-state index in [9.17, 15) is 9.59 Å². The fourth-order valence-electron chi connectivity index (χ4n) is 4.56. The zero-order valence-electron chi connectivity index (χ0n) is 15.5. The summed E-state index contributed by atoms with van der Waals surface area (Å²) in [4.78, 5) is 27.9. The van der Waals surface area contributed by atoms with Crippen molar-refractivity contribution in [1.82, 2.24) is 4.90 Å². The molecule has 4 heteroatoms. The Morgan fingerprint density at radius 1 is 1.04 bits per heavy atom. The molecule has 25 heavy (non-hydrogen) atoms. The van der Waals surface area contributed by atoms with Gasteiger partial charge in [0.25, 0.3) is 0 Å². The summed E-state index contributed by atoms with van der Waals surface area (Å²) in [7, 11) is 0. The monoisotopic (exact) mass is 342 g/mol. The first kappa shape index (κ1) is 18.1. The van der Waals surface area contributed by atoms with E-state index in [1.54, 1.807) is 4.90 Å². The Kier molecular flexibility index (Phi) is 5.57. The van der Waals surface area contributed by atoms with Gasteiger partial charge in [0.15, 0.2) is 5.78 Å². The minimum Gasteiger partial charge on any atom is -0.331 e. The number of carbonyl (C=O) groups is 2. The quantitative estimate of drug-likeness (QED) is 0.853. The van der Waals surface area contributed by atoms with Crippen LogP contribution in [0.3, 0.4) is 0 Å². The van der Waals surface area contributed by atoms with Crippen LogP contribution in [-0.2, 0) is 4.79 Å². The second-order valence-corrected chi connectivity index (χ2v) is 7.74. The van der Waals surface area contributed by atoms with E-state index >= 15 is 0 Å². The first-order valence-corrected chi connectivity index (χ1v) is 9.67.